The summed E-state index contributed by atoms with van der Waals surface area (Å²) in [4.78, 5) is 1.34. The monoisotopic (exact) mass is 277 g/mol. The zero-order valence-electron chi connectivity index (χ0n) is 12.7. The van der Waals surface area contributed by atoms with Crippen LogP contribution in [0.3, 0.4) is 0 Å². The minimum atomic E-state index is 0.477. The summed E-state index contributed by atoms with van der Waals surface area (Å²) in [6.45, 7) is 7.14. The number of benzene rings is 1. The Kier molecular flexibility index (Phi) is 4.83. The molecule has 0 radical (unpaired) electrons. The highest BCUT2D eigenvalue weighted by Gasteiger charge is 2.29. The van der Waals surface area contributed by atoms with E-state index >= 15 is 0 Å². The third kappa shape index (κ3) is 4.17. The van der Waals surface area contributed by atoms with Gasteiger partial charge in [0.15, 0.2) is 0 Å². The molecule has 0 heterocycles. The van der Waals surface area contributed by atoms with Gasteiger partial charge in [-0.2, -0.15) is 0 Å². The van der Waals surface area contributed by atoms with Gasteiger partial charge in [0, 0.05) is 16.6 Å². The van der Waals surface area contributed by atoms with Crippen molar-refractivity contribution in [1.82, 2.24) is 0 Å². The van der Waals surface area contributed by atoms with E-state index in [1.165, 1.54) is 36.3 Å². The predicted octanol–water partition coefficient (Wildman–Crippen LogP) is 5.43. The Hall–Kier alpha value is -0.630. The van der Waals surface area contributed by atoms with Crippen molar-refractivity contribution in [3.63, 3.8) is 0 Å². The van der Waals surface area contributed by atoms with Gasteiger partial charge in [-0.25, -0.2) is 0 Å². The number of hydrogen-bond acceptors (Lipinski definition) is 2. The molecule has 1 aromatic rings. The van der Waals surface area contributed by atoms with Crippen molar-refractivity contribution in [2.45, 2.75) is 57.4 Å². The van der Waals surface area contributed by atoms with Crippen molar-refractivity contribution >= 4 is 17.4 Å². The van der Waals surface area contributed by atoms with Gasteiger partial charge in [-0.1, -0.05) is 20.8 Å². The zero-order valence-corrected chi connectivity index (χ0v) is 13.5. The van der Waals surface area contributed by atoms with E-state index in [0.29, 0.717) is 11.5 Å². The van der Waals surface area contributed by atoms with E-state index in [-0.39, 0.29) is 0 Å². The Morgan fingerprint density at radius 3 is 2.05 bits per heavy atom. The van der Waals surface area contributed by atoms with E-state index in [1.54, 1.807) is 11.8 Å². The molecule has 1 aromatic carbocycles. The van der Waals surface area contributed by atoms with E-state index in [2.05, 4.69) is 56.6 Å². The number of thioether (sulfide) groups is 1. The number of anilines is 1. The van der Waals surface area contributed by atoms with Gasteiger partial charge in [0.2, 0.25) is 0 Å². The SMILES string of the molecule is CSc1ccc(NC2CCC(C(C)(C)C)CC2)cc1. The number of nitrogens with one attached hydrogen (secondary N) is 1. The second kappa shape index (κ2) is 6.21. The molecular weight excluding hydrogens is 250 g/mol. The van der Waals surface area contributed by atoms with Crippen molar-refractivity contribution in [2.24, 2.45) is 11.3 Å². The standard InChI is InChI=1S/C17H27NS/c1-17(2,3)13-5-7-14(8-6-13)18-15-9-11-16(19-4)12-10-15/h9-14,18H,5-8H2,1-4H3. The zero-order chi connectivity index (χ0) is 13.9. The second-order valence-electron chi connectivity index (χ2n) is 6.79. The molecule has 106 valence electrons. The molecule has 0 saturated heterocycles. The van der Waals surface area contributed by atoms with E-state index < -0.39 is 0 Å². The van der Waals surface area contributed by atoms with Gasteiger partial charge in [-0.05, 0) is 67.5 Å². The molecule has 1 fully saturated rings. The predicted molar refractivity (Wildman–Crippen MR) is 87.0 cm³/mol. The minimum absolute atomic E-state index is 0.477. The largest absolute Gasteiger partial charge is 0.382 e. The van der Waals surface area contributed by atoms with Crippen molar-refractivity contribution in [2.75, 3.05) is 11.6 Å². The highest BCUT2D eigenvalue weighted by atomic mass is 32.2. The third-order valence-corrected chi connectivity index (χ3v) is 5.16. The lowest BCUT2D eigenvalue weighted by molar-refractivity contribution is 0.173. The lowest BCUT2D eigenvalue weighted by Gasteiger charge is -2.37. The summed E-state index contributed by atoms with van der Waals surface area (Å²) < 4.78 is 0. The summed E-state index contributed by atoms with van der Waals surface area (Å²) in [5.41, 5.74) is 1.75. The fourth-order valence-electron chi connectivity index (χ4n) is 3.03. The summed E-state index contributed by atoms with van der Waals surface area (Å²) in [6, 6.07) is 9.49. The molecule has 2 heteroatoms. The average Bonchev–Trinajstić information content (AvgIpc) is 2.39. The second-order valence-corrected chi connectivity index (χ2v) is 7.67. The number of rotatable bonds is 3. The van der Waals surface area contributed by atoms with Crippen LogP contribution in [0, 0.1) is 11.3 Å². The molecule has 0 aliphatic heterocycles. The molecule has 0 bridgehead atoms. The summed E-state index contributed by atoms with van der Waals surface area (Å²) in [5.74, 6) is 0.893. The first-order valence-electron chi connectivity index (χ1n) is 7.39. The first-order chi connectivity index (χ1) is 8.99. The summed E-state index contributed by atoms with van der Waals surface area (Å²) in [5, 5.41) is 3.69. The summed E-state index contributed by atoms with van der Waals surface area (Å²) in [6.07, 6.45) is 7.47. The molecule has 0 amide bonds. The normalized spacial score (nSPS) is 24.2. The molecule has 0 atom stereocenters. The van der Waals surface area contributed by atoms with Crippen LogP contribution in [0.1, 0.15) is 46.5 Å². The fraction of sp³-hybridized carbons (Fsp3) is 0.647. The van der Waals surface area contributed by atoms with Crippen LogP contribution in [0.2, 0.25) is 0 Å². The van der Waals surface area contributed by atoms with Gasteiger partial charge in [0.1, 0.15) is 0 Å². The third-order valence-electron chi connectivity index (χ3n) is 4.41. The molecule has 0 spiro atoms. The molecule has 2 rings (SSSR count). The van der Waals surface area contributed by atoms with Gasteiger partial charge in [0.25, 0.3) is 0 Å². The molecule has 1 saturated carbocycles. The summed E-state index contributed by atoms with van der Waals surface area (Å²) >= 11 is 1.80. The molecule has 1 N–H and O–H groups in total. The van der Waals surface area contributed by atoms with Gasteiger partial charge < -0.3 is 5.32 Å². The lowest BCUT2D eigenvalue weighted by Crippen LogP contribution is -2.31. The molecular formula is C17H27NS. The quantitative estimate of drug-likeness (QED) is 0.740. The Balaban J connectivity index is 1.85. The minimum Gasteiger partial charge on any atom is -0.382 e. The van der Waals surface area contributed by atoms with E-state index in [1.807, 2.05) is 0 Å². The maximum absolute atomic E-state index is 3.69. The van der Waals surface area contributed by atoms with Crippen LogP contribution in [0.15, 0.2) is 29.2 Å². The van der Waals surface area contributed by atoms with Crippen LogP contribution >= 0.6 is 11.8 Å². The van der Waals surface area contributed by atoms with Crippen LogP contribution in [0.5, 0.6) is 0 Å². The smallest absolute Gasteiger partial charge is 0.0343 e. The van der Waals surface area contributed by atoms with Crippen molar-refractivity contribution < 1.29 is 0 Å². The maximum atomic E-state index is 3.69. The van der Waals surface area contributed by atoms with Crippen LogP contribution in [-0.4, -0.2) is 12.3 Å². The lowest BCUT2D eigenvalue weighted by atomic mass is 9.71. The molecule has 1 aliphatic carbocycles. The first kappa shape index (κ1) is 14.8. The van der Waals surface area contributed by atoms with E-state index in [0.717, 1.165) is 5.92 Å². The van der Waals surface area contributed by atoms with Crippen LogP contribution in [0.4, 0.5) is 5.69 Å². The topological polar surface area (TPSA) is 12.0 Å². The molecule has 1 nitrogen and oxygen atoms in total. The van der Waals surface area contributed by atoms with Crippen LogP contribution < -0.4 is 5.32 Å². The maximum Gasteiger partial charge on any atom is 0.0343 e. The molecule has 19 heavy (non-hydrogen) atoms. The summed E-state index contributed by atoms with van der Waals surface area (Å²) in [7, 11) is 0. The number of hydrogen-bond donors (Lipinski definition) is 1. The molecule has 0 aromatic heterocycles. The van der Waals surface area contributed by atoms with Crippen molar-refractivity contribution in [3.8, 4) is 0 Å². The highest BCUT2D eigenvalue weighted by molar-refractivity contribution is 7.98. The Bertz CT molecular complexity index is 383. The first-order valence-corrected chi connectivity index (χ1v) is 8.62. The van der Waals surface area contributed by atoms with Gasteiger partial charge in [-0.15, -0.1) is 11.8 Å². The Morgan fingerprint density at radius 1 is 1.00 bits per heavy atom. The molecule has 0 unspecified atom stereocenters. The average molecular weight is 277 g/mol. The molecule has 1 aliphatic rings. The van der Waals surface area contributed by atoms with Gasteiger partial charge >= 0.3 is 0 Å². The van der Waals surface area contributed by atoms with E-state index in [9.17, 15) is 0 Å². The van der Waals surface area contributed by atoms with Crippen LogP contribution in [0.25, 0.3) is 0 Å². The van der Waals surface area contributed by atoms with Crippen molar-refractivity contribution in [3.05, 3.63) is 24.3 Å². The van der Waals surface area contributed by atoms with Gasteiger partial charge in [-0.3, -0.25) is 0 Å². The van der Waals surface area contributed by atoms with Crippen molar-refractivity contribution in [1.29, 1.82) is 0 Å². The van der Waals surface area contributed by atoms with E-state index in [4.69, 9.17) is 0 Å². The fourth-order valence-corrected chi connectivity index (χ4v) is 3.43. The van der Waals surface area contributed by atoms with Crippen LogP contribution in [-0.2, 0) is 0 Å². The Morgan fingerprint density at radius 2 is 1.58 bits per heavy atom. The van der Waals surface area contributed by atoms with Gasteiger partial charge in [0.05, 0.1) is 0 Å². The Labute approximate surface area is 122 Å². The highest BCUT2D eigenvalue weighted by Crippen LogP contribution is 2.38.